The number of allylic oxidation sites excluding steroid dienone is 3. The highest BCUT2D eigenvalue weighted by Gasteiger charge is 2.41. The second kappa shape index (κ2) is 6.16. The highest BCUT2D eigenvalue weighted by atomic mass is 16.3. The number of rotatable bonds is 2. The van der Waals surface area contributed by atoms with E-state index in [-0.39, 0.29) is 17.9 Å². The molecule has 3 heterocycles. The van der Waals surface area contributed by atoms with Gasteiger partial charge < -0.3 is 9.32 Å². The molecule has 25 heavy (non-hydrogen) atoms. The lowest BCUT2D eigenvalue weighted by molar-refractivity contribution is -0.131. The van der Waals surface area contributed by atoms with Gasteiger partial charge in [-0.1, -0.05) is 18.2 Å². The van der Waals surface area contributed by atoms with Crippen molar-refractivity contribution in [1.82, 2.24) is 9.80 Å². The number of nitrogens with zero attached hydrogens (tertiary/aromatic N) is 3. The zero-order chi connectivity index (χ0) is 17.4. The van der Waals surface area contributed by atoms with Crippen LogP contribution in [0, 0.1) is 5.92 Å². The van der Waals surface area contributed by atoms with Crippen LogP contribution in [0.1, 0.15) is 23.2 Å². The minimum Gasteiger partial charge on any atom is -0.472 e. The Labute approximate surface area is 144 Å². The van der Waals surface area contributed by atoms with E-state index in [1.165, 1.54) is 17.4 Å². The second-order valence-corrected chi connectivity index (χ2v) is 6.28. The second-order valence-electron chi connectivity index (χ2n) is 6.28. The van der Waals surface area contributed by atoms with Gasteiger partial charge in [-0.2, -0.15) is 4.99 Å². The van der Waals surface area contributed by atoms with Gasteiger partial charge in [0.1, 0.15) is 6.26 Å². The van der Waals surface area contributed by atoms with Gasteiger partial charge in [0.05, 0.1) is 23.5 Å². The van der Waals surface area contributed by atoms with E-state index in [0.29, 0.717) is 37.2 Å². The van der Waals surface area contributed by atoms with Gasteiger partial charge in [0.2, 0.25) is 5.91 Å². The molecule has 7 nitrogen and oxygen atoms in total. The molecule has 4 amide bonds. The van der Waals surface area contributed by atoms with E-state index in [0.717, 1.165) is 0 Å². The molecular weight excluding hydrogens is 322 g/mol. The summed E-state index contributed by atoms with van der Waals surface area (Å²) in [5.41, 5.74) is 1.01. The molecule has 0 spiro atoms. The summed E-state index contributed by atoms with van der Waals surface area (Å²) in [5.74, 6) is -0.798. The third-order valence-corrected chi connectivity index (χ3v) is 4.82. The largest absolute Gasteiger partial charge is 0.472 e. The monoisotopic (exact) mass is 339 g/mol. The van der Waals surface area contributed by atoms with Crippen molar-refractivity contribution >= 4 is 23.6 Å². The Morgan fingerprint density at radius 1 is 1.20 bits per heavy atom. The number of carbonyl (C=O) groups is 3. The van der Waals surface area contributed by atoms with Crippen LogP contribution in [-0.4, -0.2) is 52.5 Å². The molecular formula is C18H17N3O4. The van der Waals surface area contributed by atoms with E-state index in [1.54, 1.807) is 35.3 Å². The summed E-state index contributed by atoms with van der Waals surface area (Å²) in [6.07, 6.45) is 11.0. The van der Waals surface area contributed by atoms with E-state index in [9.17, 15) is 14.4 Å². The van der Waals surface area contributed by atoms with Gasteiger partial charge in [0.25, 0.3) is 5.91 Å². The van der Waals surface area contributed by atoms with Crippen molar-refractivity contribution in [2.45, 2.75) is 18.9 Å². The van der Waals surface area contributed by atoms with Gasteiger partial charge in [-0.15, -0.1) is 0 Å². The molecule has 128 valence electrons. The lowest BCUT2D eigenvalue weighted by Crippen LogP contribution is -2.54. The van der Waals surface area contributed by atoms with Crippen molar-refractivity contribution in [2.75, 3.05) is 13.1 Å². The third-order valence-electron chi connectivity index (χ3n) is 4.82. The number of aliphatic imine (C=N–C) groups is 1. The fraction of sp³-hybridized carbons (Fsp3) is 0.333. The van der Waals surface area contributed by atoms with E-state index in [2.05, 4.69) is 4.99 Å². The standard InChI is InChI=1S/C18H17N3O4/c22-16(12-7-10-25-11-12)20-8-5-13(6-9-20)21-17(23)14-3-1-2-4-15(14)19-18(21)24/h1-4,7,10-11,13-14H,5-6,8-9H2. The molecule has 0 N–H and O–H groups in total. The van der Waals surface area contributed by atoms with Crippen LogP contribution in [0.5, 0.6) is 0 Å². The van der Waals surface area contributed by atoms with Gasteiger partial charge >= 0.3 is 6.03 Å². The maximum absolute atomic E-state index is 12.7. The molecule has 0 saturated carbocycles. The molecule has 1 aliphatic carbocycles. The third kappa shape index (κ3) is 2.71. The van der Waals surface area contributed by atoms with Crippen LogP contribution in [0.25, 0.3) is 0 Å². The topological polar surface area (TPSA) is 83.2 Å². The maximum atomic E-state index is 12.7. The van der Waals surface area contributed by atoms with Crippen LogP contribution >= 0.6 is 0 Å². The average molecular weight is 339 g/mol. The van der Waals surface area contributed by atoms with E-state index in [4.69, 9.17) is 4.42 Å². The van der Waals surface area contributed by atoms with Crippen LogP contribution in [0.2, 0.25) is 0 Å². The van der Waals surface area contributed by atoms with E-state index < -0.39 is 11.9 Å². The minimum absolute atomic E-state index is 0.0934. The lowest BCUT2D eigenvalue weighted by atomic mass is 9.93. The number of piperidine rings is 1. The smallest absolute Gasteiger partial charge is 0.350 e. The molecule has 3 aliphatic rings. The molecule has 0 radical (unpaired) electrons. The summed E-state index contributed by atoms with van der Waals surface area (Å²) in [6, 6.07) is 0.902. The molecule has 7 heteroatoms. The number of urea groups is 1. The van der Waals surface area contributed by atoms with Crippen molar-refractivity contribution < 1.29 is 18.8 Å². The highest BCUT2D eigenvalue weighted by Crippen LogP contribution is 2.26. The lowest BCUT2D eigenvalue weighted by Gasteiger charge is -2.39. The van der Waals surface area contributed by atoms with Crippen molar-refractivity contribution in [3.63, 3.8) is 0 Å². The molecule has 1 aromatic rings. The summed E-state index contributed by atoms with van der Waals surface area (Å²) in [7, 11) is 0. The molecule has 1 fully saturated rings. The van der Waals surface area contributed by atoms with Gasteiger partial charge in [-0.3, -0.25) is 14.5 Å². The quantitative estimate of drug-likeness (QED) is 0.825. The molecule has 4 rings (SSSR count). The fourth-order valence-corrected chi connectivity index (χ4v) is 3.49. The molecule has 1 aromatic heterocycles. The Morgan fingerprint density at radius 2 is 2.00 bits per heavy atom. The van der Waals surface area contributed by atoms with Crippen molar-refractivity contribution in [1.29, 1.82) is 0 Å². The van der Waals surface area contributed by atoms with Gasteiger partial charge in [0.15, 0.2) is 0 Å². The number of hydrogen-bond donors (Lipinski definition) is 0. The Morgan fingerprint density at radius 3 is 2.72 bits per heavy atom. The first-order chi connectivity index (χ1) is 12.1. The van der Waals surface area contributed by atoms with Crippen LogP contribution in [0.15, 0.2) is 52.3 Å². The van der Waals surface area contributed by atoms with Crippen LogP contribution in [-0.2, 0) is 4.79 Å². The fourth-order valence-electron chi connectivity index (χ4n) is 3.49. The Hall–Kier alpha value is -2.96. The van der Waals surface area contributed by atoms with Crippen molar-refractivity contribution in [2.24, 2.45) is 10.9 Å². The number of furan rings is 1. The molecule has 1 atom stereocenters. The molecule has 1 saturated heterocycles. The van der Waals surface area contributed by atoms with Crippen molar-refractivity contribution in [3.05, 3.63) is 48.5 Å². The number of imide groups is 1. The Kier molecular flexibility index (Phi) is 3.83. The van der Waals surface area contributed by atoms with Crippen LogP contribution in [0.3, 0.4) is 0 Å². The van der Waals surface area contributed by atoms with E-state index >= 15 is 0 Å². The molecule has 0 aromatic carbocycles. The van der Waals surface area contributed by atoms with Crippen LogP contribution in [0.4, 0.5) is 4.79 Å². The average Bonchev–Trinajstić information content (AvgIpc) is 3.16. The van der Waals surface area contributed by atoms with Crippen LogP contribution < -0.4 is 0 Å². The number of carbonyl (C=O) groups excluding carboxylic acids is 3. The number of likely N-dealkylation sites (tertiary alicyclic amines) is 1. The number of amides is 4. The molecule has 2 aliphatic heterocycles. The zero-order valence-corrected chi connectivity index (χ0v) is 13.5. The summed E-state index contributed by atoms with van der Waals surface area (Å²) in [4.78, 5) is 44.4. The normalized spacial score (nSPS) is 23.7. The van der Waals surface area contributed by atoms with Gasteiger partial charge in [-0.05, 0) is 25.0 Å². The predicted molar refractivity (Wildman–Crippen MR) is 89.1 cm³/mol. The van der Waals surface area contributed by atoms with Gasteiger partial charge in [0, 0.05) is 19.1 Å². The summed E-state index contributed by atoms with van der Waals surface area (Å²) >= 11 is 0. The molecule has 1 unspecified atom stereocenters. The summed E-state index contributed by atoms with van der Waals surface area (Å²) in [6.45, 7) is 0.978. The Balaban J connectivity index is 1.46. The highest BCUT2D eigenvalue weighted by molar-refractivity contribution is 6.21. The Bertz CT molecular complexity index is 798. The van der Waals surface area contributed by atoms with E-state index in [1.807, 2.05) is 0 Å². The zero-order valence-electron chi connectivity index (χ0n) is 13.5. The number of fused-ring (bicyclic) bond motifs is 1. The first kappa shape index (κ1) is 15.6. The minimum atomic E-state index is -0.504. The number of hydrogen-bond acceptors (Lipinski definition) is 4. The maximum Gasteiger partial charge on any atom is 0.350 e. The summed E-state index contributed by atoms with van der Waals surface area (Å²) < 4.78 is 4.95. The van der Waals surface area contributed by atoms with Crippen molar-refractivity contribution in [3.8, 4) is 0 Å². The van der Waals surface area contributed by atoms with Gasteiger partial charge in [-0.25, -0.2) is 4.79 Å². The predicted octanol–water partition coefficient (Wildman–Crippen LogP) is 2.03. The summed E-state index contributed by atoms with van der Waals surface area (Å²) in [5, 5.41) is 0. The molecule has 0 bridgehead atoms. The SMILES string of the molecule is O=C(c1ccoc1)N1CCC(N2C(=O)N=C3C=CC=CC3C2=O)CC1. The first-order valence-corrected chi connectivity index (χ1v) is 8.27. The first-order valence-electron chi connectivity index (χ1n) is 8.27.